The summed E-state index contributed by atoms with van der Waals surface area (Å²) in [5.74, 6) is 0.831. The minimum Gasteiger partial charge on any atom is -0.325 e. The molecule has 0 saturated carbocycles. The van der Waals surface area contributed by atoms with Crippen molar-refractivity contribution in [3.05, 3.63) is 71.0 Å². The van der Waals surface area contributed by atoms with Gasteiger partial charge in [0.15, 0.2) is 0 Å². The number of hydrogen-bond donors (Lipinski definition) is 0. The SMILES string of the molecule is CCCCN(CC(=O)N1CCS[C@@H]1c1ccc(F)cc1)Cc1cccc(C)c1. The first kappa shape index (κ1) is 20.9. The highest BCUT2D eigenvalue weighted by Gasteiger charge is 2.31. The molecule has 1 saturated heterocycles. The van der Waals surface area contributed by atoms with Crippen molar-refractivity contribution in [3.8, 4) is 0 Å². The van der Waals surface area contributed by atoms with Crippen LogP contribution in [0.15, 0.2) is 48.5 Å². The molecule has 150 valence electrons. The number of benzene rings is 2. The number of rotatable bonds is 8. The second-order valence-corrected chi connectivity index (χ2v) is 8.60. The summed E-state index contributed by atoms with van der Waals surface area (Å²) in [5, 5.41) is -0.0138. The van der Waals surface area contributed by atoms with Crippen LogP contribution in [0.1, 0.15) is 41.8 Å². The van der Waals surface area contributed by atoms with Crippen LogP contribution in [0.2, 0.25) is 0 Å². The summed E-state index contributed by atoms with van der Waals surface area (Å²) in [6.07, 6.45) is 2.19. The number of thioether (sulfide) groups is 1. The van der Waals surface area contributed by atoms with E-state index in [1.807, 2.05) is 4.90 Å². The van der Waals surface area contributed by atoms with Crippen molar-refractivity contribution in [2.75, 3.05) is 25.4 Å². The van der Waals surface area contributed by atoms with Gasteiger partial charge in [-0.25, -0.2) is 4.39 Å². The molecule has 1 amide bonds. The Morgan fingerprint density at radius 1 is 1.25 bits per heavy atom. The van der Waals surface area contributed by atoms with E-state index in [0.717, 1.165) is 43.8 Å². The van der Waals surface area contributed by atoms with E-state index in [1.54, 1.807) is 23.9 Å². The molecule has 1 aliphatic heterocycles. The molecular formula is C23H29FN2OS. The Labute approximate surface area is 171 Å². The molecule has 1 fully saturated rings. The topological polar surface area (TPSA) is 23.6 Å². The van der Waals surface area contributed by atoms with E-state index in [-0.39, 0.29) is 17.1 Å². The van der Waals surface area contributed by atoms with Crippen molar-refractivity contribution in [1.29, 1.82) is 0 Å². The molecule has 0 bridgehead atoms. The number of carbonyl (C=O) groups excluding carboxylic acids is 1. The van der Waals surface area contributed by atoms with Gasteiger partial charge in [-0.3, -0.25) is 9.69 Å². The van der Waals surface area contributed by atoms with Crippen LogP contribution in [0, 0.1) is 12.7 Å². The molecule has 28 heavy (non-hydrogen) atoms. The number of nitrogens with zero attached hydrogens (tertiary/aromatic N) is 2. The van der Waals surface area contributed by atoms with Gasteiger partial charge in [-0.15, -0.1) is 11.8 Å². The van der Waals surface area contributed by atoms with Gasteiger partial charge in [-0.1, -0.05) is 55.3 Å². The maximum atomic E-state index is 13.3. The molecule has 3 nitrogen and oxygen atoms in total. The third kappa shape index (κ3) is 5.58. The van der Waals surface area contributed by atoms with Crippen molar-refractivity contribution in [2.24, 2.45) is 0 Å². The third-order valence-corrected chi connectivity index (χ3v) is 6.30. The summed E-state index contributed by atoms with van der Waals surface area (Å²) in [4.78, 5) is 17.3. The molecule has 1 aliphatic rings. The summed E-state index contributed by atoms with van der Waals surface area (Å²) in [5.41, 5.74) is 3.48. The van der Waals surface area contributed by atoms with Crippen molar-refractivity contribution >= 4 is 17.7 Å². The molecule has 3 rings (SSSR count). The van der Waals surface area contributed by atoms with E-state index in [4.69, 9.17) is 0 Å². The Morgan fingerprint density at radius 3 is 2.75 bits per heavy atom. The minimum atomic E-state index is -0.242. The molecule has 1 atom stereocenters. The van der Waals surface area contributed by atoms with Gasteiger partial charge in [0.25, 0.3) is 0 Å². The fraction of sp³-hybridized carbons (Fsp3) is 0.435. The zero-order valence-corrected chi connectivity index (χ0v) is 17.6. The lowest BCUT2D eigenvalue weighted by Crippen LogP contribution is -2.40. The number of unbranched alkanes of at least 4 members (excludes halogenated alkanes) is 1. The highest BCUT2D eigenvalue weighted by molar-refractivity contribution is 7.99. The lowest BCUT2D eigenvalue weighted by Gasteiger charge is -2.28. The van der Waals surface area contributed by atoms with Crippen LogP contribution in [-0.4, -0.2) is 41.1 Å². The van der Waals surface area contributed by atoms with Gasteiger partial charge in [-0.05, 0) is 43.1 Å². The van der Waals surface area contributed by atoms with E-state index in [0.29, 0.717) is 6.54 Å². The normalized spacial score (nSPS) is 16.7. The molecule has 2 aromatic rings. The molecule has 0 aromatic heterocycles. The Balaban J connectivity index is 1.68. The summed E-state index contributed by atoms with van der Waals surface area (Å²) in [7, 11) is 0. The zero-order chi connectivity index (χ0) is 19.9. The molecule has 5 heteroatoms. The van der Waals surface area contributed by atoms with Gasteiger partial charge in [0.1, 0.15) is 11.2 Å². The summed E-state index contributed by atoms with van der Waals surface area (Å²) in [6.45, 7) is 7.14. The molecule has 0 unspecified atom stereocenters. The van der Waals surface area contributed by atoms with E-state index < -0.39 is 0 Å². The van der Waals surface area contributed by atoms with E-state index in [9.17, 15) is 9.18 Å². The van der Waals surface area contributed by atoms with E-state index in [2.05, 4.69) is 43.0 Å². The monoisotopic (exact) mass is 400 g/mol. The first-order chi connectivity index (χ1) is 13.6. The number of aryl methyl sites for hydroxylation is 1. The lowest BCUT2D eigenvalue weighted by atomic mass is 10.1. The second-order valence-electron chi connectivity index (χ2n) is 7.42. The van der Waals surface area contributed by atoms with Crippen molar-refractivity contribution in [2.45, 2.75) is 38.6 Å². The van der Waals surface area contributed by atoms with E-state index >= 15 is 0 Å². The van der Waals surface area contributed by atoms with Crippen LogP contribution in [-0.2, 0) is 11.3 Å². The first-order valence-corrected chi connectivity index (χ1v) is 11.1. The van der Waals surface area contributed by atoms with Crippen molar-refractivity contribution in [3.63, 3.8) is 0 Å². The van der Waals surface area contributed by atoms with Crippen LogP contribution in [0.25, 0.3) is 0 Å². The molecule has 1 heterocycles. The summed E-state index contributed by atoms with van der Waals surface area (Å²) < 4.78 is 13.3. The van der Waals surface area contributed by atoms with Crippen LogP contribution in [0.4, 0.5) is 4.39 Å². The van der Waals surface area contributed by atoms with Crippen molar-refractivity contribution < 1.29 is 9.18 Å². The van der Waals surface area contributed by atoms with Gasteiger partial charge in [-0.2, -0.15) is 0 Å². The highest BCUT2D eigenvalue weighted by atomic mass is 32.2. The number of hydrogen-bond acceptors (Lipinski definition) is 3. The average molecular weight is 401 g/mol. The predicted octanol–water partition coefficient (Wildman–Crippen LogP) is 5.01. The summed E-state index contributed by atoms with van der Waals surface area (Å²) in [6, 6.07) is 15.0. The van der Waals surface area contributed by atoms with Gasteiger partial charge in [0.05, 0.1) is 6.54 Å². The molecular weight excluding hydrogens is 371 g/mol. The smallest absolute Gasteiger partial charge is 0.237 e. The van der Waals surface area contributed by atoms with Gasteiger partial charge < -0.3 is 4.90 Å². The second kappa shape index (κ2) is 10.1. The first-order valence-electron chi connectivity index (χ1n) is 10.0. The molecule has 0 spiro atoms. The maximum Gasteiger partial charge on any atom is 0.237 e. The largest absolute Gasteiger partial charge is 0.325 e. The molecule has 0 radical (unpaired) electrons. The van der Waals surface area contributed by atoms with Gasteiger partial charge in [0, 0.05) is 18.8 Å². The average Bonchev–Trinajstić information content (AvgIpc) is 3.16. The molecule has 0 aliphatic carbocycles. The number of amides is 1. The van der Waals surface area contributed by atoms with Crippen LogP contribution >= 0.6 is 11.8 Å². The van der Waals surface area contributed by atoms with Gasteiger partial charge >= 0.3 is 0 Å². The van der Waals surface area contributed by atoms with E-state index in [1.165, 1.54) is 23.3 Å². The quantitative estimate of drug-likeness (QED) is 0.622. The number of carbonyl (C=O) groups is 1. The zero-order valence-electron chi connectivity index (χ0n) is 16.7. The van der Waals surface area contributed by atoms with Crippen LogP contribution in [0.5, 0.6) is 0 Å². The number of halogens is 1. The lowest BCUT2D eigenvalue weighted by molar-refractivity contribution is -0.132. The molecule has 0 N–H and O–H groups in total. The fourth-order valence-corrected chi connectivity index (χ4v) is 4.85. The minimum absolute atomic E-state index is 0.0138. The Kier molecular flexibility index (Phi) is 7.51. The Hall–Kier alpha value is -1.85. The Bertz CT molecular complexity index is 780. The highest BCUT2D eigenvalue weighted by Crippen LogP contribution is 2.37. The standard InChI is InChI=1S/C23H29FN2OS/c1-3-4-12-25(16-19-7-5-6-18(2)15-19)17-22(27)26-13-14-28-23(26)20-8-10-21(24)11-9-20/h5-11,15,23H,3-4,12-14,16-17H2,1-2H3/t23-/m1/s1. The van der Waals surface area contributed by atoms with Gasteiger partial charge in [0.2, 0.25) is 5.91 Å². The van der Waals surface area contributed by atoms with Crippen LogP contribution in [0.3, 0.4) is 0 Å². The maximum absolute atomic E-state index is 13.3. The summed E-state index contributed by atoms with van der Waals surface area (Å²) >= 11 is 1.75. The predicted molar refractivity (Wildman–Crippen MR) is 115 cm³/mol. The van der Waals surface area contributed by atoms with Crippen molar-refractivity contribution in [1.82, 2.24) is 9.80 Å². The molecule has 2 aromatic carbocycles. The van der Waals surface area contributed by atoms with Crippen LogP contribution < -0.4 is 0 Å². The fourth-order valence-electron chi connectivity index (χ4n) is 3.58. The third-order valence-electron chi connectivity index (χ3n) is 5.04. The Morgan fingerprint density at radius 2 is 2.04 bits per heavy atom.